The molecule has 3 unspecified atom stereocenters. The first-order chi connectivity index (χ1) is 17.7. The van der Waals surface area contributed by atoms with E-state index >= 15 is 0 Å². The number of piperidine rings is 1. The van der Waals surface area contributed by atoms with E-state index in [1.54, 1.807) is 11.8 Å². The fourth-order valence-corrected chi connectivity index (χ4v) is 5.82. The zero-order valence-electron chi connectivity index (χ0n) is 20.9. The molecule has 0 saturated carbocycles. The van der Waals surface area contributed by atoms with Gasteiger partial charge in [-0.2, -0.15) is 18.3 Å². The number of aromatic nitrogens is 2. The van der Waals surface area contributed by atoms with Crippen LogP contribution < -0.4 is 10.6 Å². The SMILES string of the molecule is CC1CC(C(F)(F)F)n2nc(C(=O)NCC(=O)N3CCC(N4CCC(c5ccccc5)CC4)C3)cc2N1. The number of hydrogen-bond acceptors (Lipinski definition) is 5. The largest absolute Gasteiger partial charge is 0.410 e. The Morgan fingerprint density at radius 2 is 1.84 bits per heavy atom. The molecule has 8 nitrogen and oxygen atoms in total. The van der Waals surface area contributed by atoms with Crippen molar-refractivity contribution < 1.29 is 22.8 Å². The molecule has 0 aliphatic carbocycles. The monoisotopic (exact) mass is 518 g/mol. The van der Waals surface area contributed by atoms with Crippen molar-refractivity contribution in [2.75, 3.05) is 38.0 Å². The van der Waals surface area contributed by atoms with E-state index in [1.165, 1.54) is 11.6 Å². The first kappa shape index (κ1) is 25.6. The lowest BCUT2D eigenvalue weighted by atomic mass is 9.89. The molecular formula is C26H33F3N6O2. The lowest BCUT2D eigenvalue weighted by Crippen LogP contribution is -2.44. The van der Waals surface area contributed by atoms with Gasteiger partial charge in [-0.15, -0.1) is 0 Å². The molecule has 200 valence electrons. The first-order valence-corrected chi connectivity index (χ1v) is 13.0. The Morgan fingerprint density at radius 1 is 1.11 bits per heavy atom. The Labute approximate surface area is 214 Å². The van der Waals surface area contributed by atoms with Crippen LogP contribution in [0.2, 0.25) is 0 Å². The fraction of sp³-hybridized carbons (Fsp3) is 0.577. The topological polar surface area (TPSA) is 82.5 Å². The molecule has 0 bridgehead atoms. The van der Waals surface area contributed by atoms with Gasteiger partial charge in [0.25, 0.3) is 5.91 Å². The van der Waals surface area contributed by atoms with E-state index in [0.29, 0.717) is 25.0 Å². The molecule has 2 amide bonds. The molecule has 1 aromatic carbocycles. The maximum atomic E-state index is 13.5. The highest BCUT2D eigenvalue weighted by atomic mass is 19.4. The van der Waals surface area contributed by atoms with Crippen molar-refractivity contribution in [3.63, 3.8) is 0 Å². The van der Waals surface area contributed by atoms with Gasteiger partial charge in [0.05, 0.1) is 6.54 Å². The van der Waals surface area contributed by atoms with Gasteiger partial charge in [-0.3, -0.25) is 14.5 Å². The second-order valence-corrected chi connectivity index (χ2v) is 10.4. The molecule has 2 aromatic rings. The van der Waals surface area contributed by atoms with Gasteiger partial charge in [0.15, 0.2) is 11.7 Å². The molecule has 2 saturated heterocycles. The molecule has 3 aliphatic rings. The molecule has 0 radical (unpaired) electrons. The van der Waals surface area contributed by atoms with Gasteiger partial charge in [0, 0.05) is 31.2 Å². The Morgan fingerprint density at radius 3 is 2.54 bits per heavy atom. The van der Waals surface area contributed by atoms with Crippen LogP contribution in [0.4, 0.5) is 19.0 Å². The number of amides is 2. The smallest absolute Gasteiger partial charge is 0.368 e. The van der Waals surface area contributed by atoms with Gasteiger partial charge in [-0.1, -0.05) is 30.3 Å². The van der Waals surface area contributed by atoms with Crippen LogP contribution in [0.25, 0.3) is 0 Å². The van der Waals surface area contributed by atoms with Gasteiger partial charge in [0.1, 0.15) is 5.82 Å². The number of alkyl halides is 3. The highest BCUT2D eigenvalue weighted by Gasteiger charge is 2.45. The number of rotatable bonds is 5. The van der Waals surface area contributed by atoms with Crippen molar-refractivity contribution in [3.8, 4) is 0 Å². The third-order valence-electron chi connectivity index (χ3n) is 7.85. The Hall–Kier alpha value is -3.08. The summed E-state index contributed by atoms with van der Waals surface area (Å²) in [6, 6.07) is 10.0. The number of halogens is 3. The van der Waals surface area contributed by atoms with Gasteiger partial charge in [0.2, 0.25) is 5.91 Å². The molecule has 3 atom stereocenters. The fourth-order valence-electron chi connectivity index (χ4n) is 5.82. The third-order valence-corrected chi connectivity index (χ3v) is 7.85. The molecule has 11 heteroatoms. The van der Waals surface area contributed by atoms with Crippen LogP contribution >= 0.6 is 0 Å². The molecule has 3 aliphatic heterocycles. The maximum Gasteiger partial charge on any atom is 0.410 e. The van der Waals surface area contributed by atoms with E-state index in [9.17, 15) is 22.8 Å². The summed E-state index contributed by atoms with van der Waals surface area (Å²) in [5, 5.41) is 9.37. The zero-order chi connectivity index (χ0) is 26.2. The minimum atomic E-state index is -4.47. The summed E-state index contributed by atoms with van der Waals surface area (Å²) in [6.07, 6.45) is -1.54. The molecule has 2 N–H and O–H groups in total. The normalized spacial score (nSPS) is 25.0. The summed E-state index contributed by atoms with van der Waals surface area (Å²) in [6.45, 7) is 4.70. The van der Waals surface area contributed by atoms with Gasteiger partial charge in [-0.25, -0.2) is 4.68 Å². The summed E-state index contributed by atoms with van der Waals surface area (Å²) < 4.78 is 41.2. The van der Waals surface area contributed by atoms with Crippen LogP contribution in [0.15, 0.2) is 36.4 Å². The number of nitrogens with one attached hydrogen (secondary N) is 2. The Kier molecular flexibility index (Phi) is 7.15. The number of hydrogen-bond donors (Lipinski definition) is 2. The van der Waals surface area contributed by atoms with Crippen LogP contribution in [0, 0.1) is 0 Å². The molecule has 1 aromatic heterocycles. The predicted octanol–water partition coefficient (Wildman–Crippen LogP) is 3.40. The van der Waals surface area contributed by atoms with Crippen molar-refractivity contribution in [3.05, 3.63) is 47.7 Å². The van der Waals surface area contributed by atoms with Crippen molar-refractivity contribution >= 4 is 17.6 Å². The van der Waals surface area contributed by atoms with Crippen LogP contribution in [0.1, 0.15) is 60.6 Å². The Balaban J connectivity index is 1.11. The summed E-state index contributed by atoms with van der Waals surface area (Å²) in [5.74, 6) is -0.135. The molecule has 5 rings (SSSR count). The Bertz CT molecular complexity index is 1110. The summed E-state index contributed by atoms with van der Waals surface area (Å²) in [5.41, 5.74) is 1.25. The number of benzene rings is 1. The average molecular weight is 519 g/mol. The minimum absolute atomic E-state index is 0.140. The second-order valence-electron chi connectivity index (χ2n) is 10.4. The summed E-state index contributed by atoms with van der Waals surface area (Å²) in [4.78, 5) is 29.6. The van der Waals surface area contributed by atoms with Crippen LogP contribution in [-0.4, -0.2) is 82.4 Å². The van der Waals surface area contributed by atoms with Crippen molar-refractivity contribution in [1.29, 1.82) is 0 Å². The highest BCUT2D eigenvalue weighted by Crippen LogP contribution is 2.39. The van der Waals surface area contributed by atoms with Gasteiger partial charge in [-0.05, 0) is 57.2 Å². The van der Waals surface area contributed by atoms with Gasteiger partial charge >= 0.3 is 6.18 Å². The number of carbonyl (C=O) groups excluding carboxylic acids is 2. The van der Waals surface area contributed by atoms with Crippen molar-refractivity contribution in [2.24, 2.45) is 0 Å². The number of carbonyl (C=O) groups is 2. The average Bonchev–Trinajstić information content (AvgIpc) is 3.54. The quantitative estimate of drug-likeness (QED) is 0.634. The van der Waals surface area contributed by atoms with E-state index in [4.69, 9.17) is 0 Å². The highest BCUT2D eigenvalue weighted by molar-refractivity contribution is 5.95. The van der Waals surface area contributed by atoms with E-state index in [0.717, 1.165) is 37.0 Å². The predicted molar refractivity (Wildman–Crippen MR) is 132 cm³/mol. The van der Waals surface area contributed by atoms with Crippen LogP contribution in [0.5, 0.6) is 0 Å². The lowest BCUT2D eigenvalue weighted by molar-refractivity contribution is -0.173. The second kappa shape index (κ2) is 10.4. The van der Waals surface area contributed by atoms with E-state index < -0.39 is 24.2 Å². The maximum absolute atomic E-state index is 13.5. The molecule has 37 heavy (non-hydrogen) atoms. The van der Waals surface area contributed by atoms with Gasteiger partial charge < -0.3 is 15.5 Å². The van der Waals surface area contributed by atoms with E-state index in [-0.39, 0.29) is 30.4 Å². The number of fused-ring (bicyclic) bond motifs is 1. The minimum Gasteiger partial charge on any atom is -0.368 e. The first-order valence-electron chi connectivity index (χ1n) is 13.0. The van der Waals surface area contributed by atoms with Crippen molar-refractivity contribution in [1.82, 2.24) is 24.9 Å². The third kappa shape index (κ3) is 5.61. The summed E-state index contributed by atoms with van der Waals surface area (Å²) >= 11 is 0. The number of likely N-dealkylation sites (tertiary alicyclic amines) is 2. The van der Waals surface area contributed by atoms with E-state index in [1.807, 2.05) is 6.07 Å². The molecule has 0 spiro atoms. The van der Waals surface area contributed by atoms with E-state index in [2.05, 4.69) is 44.9 Å². The van der Waals surface area contributed by atoms with Crippen LogP contribution in [0.3, 0.4) is 0 Å². The lowest BCUT2D eigenvalue weighted by Gasteiger charge is -2.36. The molecular weight excluding hydrogens is 485 g/mol. The summed E-state index contributed by atoms with van der Waals surface area (Å²) in [7, 11) is 0. The standard InChI is InChI=1S/C26H33F3N6O2/c1-17-13-22(26(27,28)29)35-23(31-17)14-21(32-35)25(37)30-15-24(36)34-12-9-20(16-34)33-10-7-19(8-11-33)18-5-3-2-4-6-18/h2-6,14,17,19-20,22,31H,7-13,15-16H2,1H3,(H,30,37). The molecule has 2 fully saturated rings. The molecule has 4 heterocycles. The number of nitrogens with zero attached hydrogens (tertiary/aromatic N) is 4. The van der Waals surface area contributed by atoms with Crippen LogP contribution in [-0.2, 0) is 4.79 Å². The van der Waals surface area contributed by atoms with Crippen molar-refractivity contribution in [2.45, 2.75) is 62.8 Å². The number of anilines is 1. The zero-order valence-corrected chi connectivity index (χ0v) is 20.9.